The summed E-state index contributed by atoms with van der Waals surface area (Å²) in [5, 5.41) is 3.62. The third-order valence-electron chi connectivity index (χ3n) is 5.83. The fourth-order valence-electron chi connectivity index (χ4n) is 3.91. The first-order valence-electron chi connectivity index (χ1n) is 11.2. The molecule has 2 aromatic carbocycles. The molecule has 1 saturated heterocycles. The van der Waals surface area contributed by atoms with Gasteiger partial charge in [-0.2, -0.15) is 0 Å². The van der Waals surface area contributed by atoms with Crippen molar-refractivity contribution < 1.29 is 23.5 Å². The van der Waals surface area contributed by atoms with Gasteiger partial charge in [0.1, 0.15) is 12.4 Å². The Morgan fingerprint density at radius 3 is 2.53 bits per heavy atom. The summed E-state index contributed by atoms with van der Waals surface area (Å²) in [4.78, 5) is 27.2. The lowest BCUT2D eigenvalue weighted by molar-refractivity contribution is 0.0695. The summed E-state index contributed by atoms with van der Waals surface area (Å²) >= 11 is 6.20. The van der Waals surface area contributed by atoms with E-state index in [1.807, 2.05) is 24.3 Å². The molecular weight excluding hydrogens is 456 g/mol. The predicted molar refractivity (Wildman–Crippen MR) is 129 cm³/mol. The van der Waals surface area contributed by atoms with Crippen molar-refractivity contribution in [2.45, 2.75) is 32.4 Å². The van der Waals surface area contributed by atoms with E-state index < -0.39 is 0 Å². The van der Waals surface area contributed by atoms with Gasteiger partial charge < -0.3 is 24.1 Å². The number of piperidine rings is 1. The summed E-state index contributed by atoms with van der Waals surface area (Å²) in [7, 11) is 1.54. The molecule has 0 radical (unpaired) electrons. The summed E-state index contributed by atoms with van der Waals surface area (Å²) in [6.07, 6.45) is 1.35. The van der Waals surface area contributed by atoms with Gasteiger partial charge in [0.25, 0.3) is 11.8 Å². The minimum absolute atomic E-state index is 0.00270. The third kappa shape index (κ3) is 5.54. The number of carbonyl (C=O) groups excluding carboxylic acids is 2. The maximum atomic E-state index is 13.1. The van der Waals surface area contributed by atoms with Gasteiger partial charge in [0.2, 0.25) is 0 Å². The van der Waals surface area contributed by atoms with Gasteiger partial charge in [-0.15, -0.1) is 0 Å². The number of hydrogen-bond donors (Lipinski definition) is 1. The number of ether oxygens (including phenoxy) is 2. The van der Waals surface area contributed by atoms with Gasteiger partial charge in [-0.3, -0.25) is 9.59 Å². The highest BCUT2D eigenvalue weighted by molar-refractivity contribution is 6.31. The predicted octanol–water partition coefficient (Wildman–Crippen LogP) is 4.86. The summed E-state index contributed by atoms with van der Waals surface area (Å²) in [6, 6.07) is 16.1. The first-order valence-corrected chi connectivity index (χ1v) is 11.5. The molecule has 0 spiro atoms. The van der Waals surface area contributed by atoms with Gasteiger partial charge in [0, 0.05) is 35.3 Å². The Labute approximate surface area is 203 Å². The highest BCUT2D eigenvalue weighted by Crippen LogP contribution is 2.30. The smallest absolute Gasteiger partial charge is 0.287 e. The van der Waals surface area contributed by atoms with E-state index >= 15 is 0 Å². The Morgan fingerprint density at radius 2 is 1.85 bits per heavy atom. The first kappa shape index (κ1) is 23.7. The number of amides is 2. The molecule has 1 N–H and O–H groups in total. The molecule has 0 bridgehead atoms. The number of halogens is 1. The van der Waals surface area contributed by atoms with E-state index in [1.54, 1.807) is 49.3 Å². The lowest BCUT2D eigenvalue weighted by Gasteiger charge is -2.32. The Bertz CT molecular complexity index is 1170. The Hall–Kier alpha value is -3.45. The monoisotopic (exact) mass is 482 g/mol. The number of nitrogens with one attached hydrogen (secondary N) is 1. The molecule has 2 heterocycles. The van der Waals surface area contributed by atoms with Crippen LogP contribution in [0.2, 0.25) is 5.02 Å². The lowest BCUT2D eigenvalue weighted by Crippen LogP contribution is -2.46. The van der Waals surface area contributed by atoms with E-state index in [1.165, 1.54) is 0 Å². The number of hydrogen-bond acceptors (Lipinski definition) is 5. The fraction of sp³-hybridized carbons (Fsp3) is 0.308. The molecule has 3 aromatic rings. The van der Waals surface area contributed by atoms with Crippen LogP contribution in [-0.4, -0.2) is 43.0 Å². The van der Waals surface area contributed by atoms with Crippen LogP contribution in [-0.2, 0) is 6.61 Å². The van der Waals surface area contributed by atoms with Gasteiger partial charge in [0.05, 0.1) is 7.11 Å². The normalized spacial score (nSPS) is 14.0. The van der Waals surface area contributed by atoms with E-state index in [2.05, 4.69) is 5.32 Å². The number of rotatable bonds is 7. The Balaban J connectivity index is 1.34. The van der Waals surface area contributed by atoms with E-state index in [0.29, 0.717) is 66.1 Å². The van der Waals surface area contributed by atoms with E-state index in [4.69, 9.17) is 25.5 Å². The molecule has 1 fully saturated rings. The number of aryl methyl sites for hydroxylation is 1. The average Bonchev–Trinajstić information content (AvgIpc) is 3.30. The van der Waals surface area contributed by atoms with Gasteiger partial charge >= 0.3 is 0 Å². The molecule has 0 unspecified atom stereocenters. The number of carbonyl (C=O) groups is 2. The van der Waals surface area contributed by atoms with Crippen LogP contribution in [0.15, 0.2) is 59.0 Å². The number of nitrogens with zero attached hydrogens (tertiary/aromatic N) is 1. The summed E-state index contributed by atoms with van der Waals surface area (Å²) in [6.45, 7) is 3.19. The second-order valence-electron chi connectivity index (χ2n) is 8.20. The minimum atomic E-state index is -0.227. The second kappa shape index (κ2) is 10.7. The molecule has 178 valence electrons. The molecule has 1 aliphatic heterocycles. The SMILES string of the molecule is COc1cc(C(=O)N2CCC(NC(=O)c3ccc(C)o3)CC2)ccc1OCc1ccccc1Cl. The molecule has 1 aromatic heterocycles. The molecule has 34 heavy (non-hydrogen) atoms. The standard InChI is InChI=1S/C26H27ClN2O5/c1-17-7-9-23(34-17)25(30)28-20-11-13-29(14-12-20)26(31)18-8-10-22(24(15-18)32-2)33-16-19-5-3-4-6-21(19)27/h3-10,15,20H,11-14,16H2,1-2H3,(H,28,30). The Morgan fingerprint density at radius 1 is 1.09 bits per heavy atom. The van der Waals surface area contributed by atoms with Crippen molar-refractivity contribution in [3.63, 3.8) is 0 Å². The number of furan rings is 1. The van der Waals surface area contributed by atoms with Crippen LogP contribution in [0.4, 0.5) is 0 Å². The zero-order chi connectivity index (χ0) is 24.1. The van der Waals surface area contributed by atoms with Crippen LogP contribution in [0.5, 0.6) is 11.5 Å². The molecule has 8 heteroatoms. The first-order chi connectivity index (χ1) is 16.4. The van der Waals surface area contributed by atoms with Crippen molar-refractivity contribution in [3.8, 4) is 11.5 Å². The molecule has 1 aliphatic rings. The maximum absolute atomic E-state index is 13.1. The Kier molecular flexibility index (Phi) is 7.43. The number of likely N-dealkylation sites (tertiary alicyclic amines) is 1. The number of methoxy groups -OCH3 is 1. The highest BCUT2D eigenvalue weighted by Gasteiger charge is 2.26. The largest absolute Gasteiger partial charge is 0.493 e. The van der Waals surface area contributed by atoms with Gasteiger partial charge in [0.15, 0.2) is 17.3 Å². The summed E-state index contributed by atoms with van der Waals surface area (Å²) in [5.74, 6) is 1.71. The highest BCUT2D eigenvalue weighted by atomic mass is 35.5. The molecule has 0 saturated carbocycles. The molecule has 0 atom stereocenters. The molecule has 7 nitrogen and oxygen atoms in total. The van der Waals surface area contributed by atoms with Crippen molar-refractivity contribution in [3.05, 3.63) is 82.3 Å². The van der Waals surface area contributed by atoms with E-state index in [9.17, 15) is 9.59 Å². The average molecular weight is 483 g/mol. The lowest BCUT2D eigenvalue weighted by atomic mass is 10.0. The van der Waals surface area contributed by atoms with Crippen molar-refractivity contribution in [2.24, 2.45) is 0 Å². The number of benzene rings is 2. The van der Waals surface area contributed by atoms with Crippen LogP contribution >= 0.6 is 11.6 Å². The van der Waals surface area contributed by atoms with Gasteiger partial charge in [-0.25, -0.2) is 0 Å². The van der Waals surface area contributed by atoms with Crippen molar-refractivity contribution >= 4 is 23.4 Å². The molecule has 2 amide bonds. The maximum Gasteiger partial charge on any atom is 0.287 e. The second-order valence-corrected chi connectivity index (χ2v) is 8.60. The summed E-state index contributed by atoms with van der Waals surface area (Å²) in [5.41, 5.74) is 1.39. The van der Waals surface area contributed by atoms with Crippen LogP contribution in [0.1, 0.15) is 45.1 Å². The fourth-order valence-corrected chi connectivity index (χ4v) is 4.10. The van der Waals surface area contributed by atoms with Crippen LogP contribution in [0.25, 0.3) is 0 Å². The van der Waals surface area contributed by atoms with Crippen LogP contribution in [0, 0.1) is 6.92 Å². The van der Waals surface area contributed by atoms with Crippen molar-refractivity contribution in [1.82, 2.24) is 10.2 Å². The van der Waals surface area contributed by atoms with Crippen molar-refractivity contribution in [1.29, 1.82) is 0 Å². The van der Waals surface area contributed by atoms with Gasteiger partial charge in [-0.05, 0) is 56.2 Å². The van der Waals surface area contributed by atoms with Crippen molar-refractivity contribution in [2.75, 3.05) is 20.2 Å². The van der Waals surface area contributed by atoms with Crippen LogP contribution in [0.3, 0.4) is 0 Å². The third-order valence-corrected chi connectivity index (χ3v) is 6.20. The van der Waals surface area contributed by atoms with Gasteiger partial charge in [-0.1, -0.05) is 29.8 Å². The topological polar surface area (TPSA) is 81.0 Å². The quantitative estimate of drug-likeness (QED) is 0.520. The minimum Gasteiger partial charge on any atom is -0.493 e. The van der Waals surface area contributed by atoms with E-state index in [-0.39, 0.29) is 17.9 Å². The zero-order valence-electron chi connectivity index (χ0n) is 19.2. The van der Waals surface area contributed by atoms with Crippen LogP contribution < -0.4 is 14.8 Å². The zero-order valence-corrected chi connectivity index (χ0v) is 19.9. The summed E-state index contributed by atoms with van der Waals surface area (Å²) < 4.78 is 16.7. The molecule has 0 aliphatic carbocycles. The van der Waals surface area contributed by atoms with E-state index in [0.717, 1.165) is 5.56 Å². The molecule has 4 rings (SSSR count). The molecular formula is C26H27ClN2O5.